The fraction of sp³-hybridized carbons (Fsp3) is 0.500. The number of carbonyl (C=O) groups is 2. The van der Waals surface area contributed by atoms with Crippen LogP contribution in [0.5, 0.6) is 0 Å². The SMILES string of the molecule is CCCc1ccc(C(=O)CN(CC)CC(=O)NC)cc1. The molecule has 1 N–H and O–H groups in total. The van der Waals surface area contributed by atoms with Crippen molar-refractivity contribution >= 4 is 11.7 Å². The molecule has 0 aliphatic carbocycles. The molecule has 0 fully saturated rings. The number of rotatable bonds is 8. The highest BCUT2D eigenvalue weighted by Gasteiger charge is 2.13. The van der Waals surface area contributed by atoms with E-state index >= 15 is 0 Å². The van der Waals surface area contributed by atoms with Crippen LogP contribution in [0.1, 0.15) is 36.2 Å². The number of nitrogens with one attached hydrogen (secondary N) is 1. The molecule has 1 aromatic carbocycles. The molecule has 1 aromatic rings. The lowest BCUT2D eigenvalue weighted by molar-refractivity contribution is -0.121. The van der Waals surface area contributed by atoms with Crippen LogP contribution < -0.4 is 5.32 Å². The number of aryl methyl sites for hydroxylation is 1. The Bertz CT molecular complexity index is 440. The summed E-state index contributed by atoms with van der Waals surface area (Å²) in [6, 6.07) is 7.76. The molecule has 4 nitrogen and oxygen atoms in total. The average molecular weight is 276 g/mol. The minimum atomic E-state index is -0.0713. The zero-order valence-corrected chi connectivity index (χ0v) is 12.6. The Kier molecular flexibility index (Phi) is 6.94. The van der Waals surface area contributed by atoms with Crippen molar-refractivity contribution in [3.05, 3.63) is 35.4 Å². The molecule has 20 heavy (non-hydrogen) atoms. The lowest BCUT2D eigenvalue weighted by Gasteiger charge is -2.18. The lowest BCUT2D eigenvalue weighted by atomic mass is 10.1. The van der Waals surface area contributed by atoms with E-state index in [4.69, 9.17) is 0 Å². The minimum Gasteiger partial charge on any atom is -0.358 e. The highest BCUT2D eigenvalue weighted by atomic mass is 16.2. The van der Waals surface area contributed by atoms with Gasteiger partial charge in [0, 0.05) is 12.6 Å². The quantitative estimate of drug-likeness (QED) is 0.738. The Morgan fingerprint density at radius 1 is 1.10 bits per heavy atom. The first-order chi connectivity index (χ1) is 9.60. The number of benzene rings is 1. The second-order valence-electron chi connectivity index (χ2n) is 4.85. The summed E-state index contributed by atoms with van der Waals surface area (Å²) in [7, 11) is 1.60. The molecule has 1 rings (SSSR count). The highest BCUT2D eigenvalue weighted by Crippen LogP contribution is 2.08. The van der Waals surface area contributed by atoms with E-state index in [1.54, 1.807) is 7.05 Å². The van der Waals surface area contributed by atoms with Crippen molar-refractivity contribution in [3.63, 3.8) is 0 Å². The number of Topliss-reactive ketones (excluding diaryl/α,β-unsaturated/α-hetero) is 1. The molecule has 110 valence electrons. The van der Waals surface area contributed by atoms with Gasteiger partial charge in [-0.25, -0.2) is 0 Å². The van der Waals surface area contributed by atoms with Gasteiger partial charge in [0.15, 0.2) is 5.78 Å². The Hall–Kier alpha value is -1.68. The Labute approximate surface area is 121 Å². The van der Waals surface area contributed by atoms with E-state index in [0.717, 1.165) is 12.8 Å². The van der Waals surface area contributed by atoms with Crippen LogP contribution in [0.25, 0.3) is 0 Å². The van der Waals surface area contributed by atoms with Gasteiger partial charge in [-0.3, -0.25) is 14.5 Å². The molecule has 0 saturated heterocycles. The topological polar surface area (TPSA) is 49.4 Å². The Balaban J connectivity index is 2.62. The van der Waals surface area contributed by atoms with E-state index < -0.39 is 0 Å². The van der Waals surface area contributed by atoms with Crippen molar-refractivity contribution in [2.45, 2.75) is 26.7 Å². The number of likely N-dealkylation sites (N-methyl/N-ethyl adjacent to an activating group) is 2. The first-order valence-corrected chi connectivity index (χ1v) is 7.15. The molecule has 0 aliphatic heterocycles. The number of hydrogen-bond acceptors (Lipinski definition) is 3. The monoisotopic (exact) mass is 276 g/mol. The zero-order valence-electron chi connectivity index (χ0n) is 12.6. The maximum absolute atomic E-state index is 12.2. The van der Waals surface area contributed by atoms with E-state index in [2.05, 4.69) is 12.2 Å². The van der Waals surface area contributed by atoms with Crippen LogP contribution in [0.3, 0.4) is 0 Å². The number of carbonyl (C=O) groups excluding carboxylic acids is 2. The fourth-order valence-electron chi connectivity index (χ4n) is 2.00. The van der Waals surface area contributed by atoms with Gasteiger partial charge < -0.3 is 5.32 Å². The van der Waals surface area contributed by atoms with Crippen molar-refractivity contribution in [1.82, 2.24) is 10.2 Å². The first-order valence-electron chi connectivity index (χ1n) is 7.15. The standard InChI is InChI=1S/C16H24N2O2/c1-4-6-13-7-9-14(10-8-13)15(19)11-18(5-2)12-16(20)17-3/h7-10H,4-6,11-12H2,1-3H3,(H,17,20). The van der Waals surface area contributed by atoms with Gasteiger partial charge in [-0.1, -0.05) is 44.5 Å². The van der Waals surface area contributed by atoms with Gasteiger partial charge in [-0.2, -0.15) is 0 Å². The summed E-state index contributed by atoms with van der Waals surface area (Å²) >= 11 is 0. The second-order valence-corrected chi connectivity index (χ2v) is 4.85. The van der Waals surface area contributed by atoms with Gasteiger partial charge in [0.25, 0.3) is 0 Å². The summed E-state index contributed by atoms with van der Waals surface area (Å²) in [5.74, 6) is -0.0169. The van der Waals surface area contributed by atoms with Crippen LogP contribution in [0.2, 0.25) is 0 Å². The molecular formula is C16H24N2O2. The molecule has 0 spiro atoms. The number of nitrogens with zero attached hydrogens (tertiary/aromatic N) is 1. The fourth-order valence-corrected chi connectivity index (χ4v) is 2.00. The predicted molar refractivity (Wildman–Crippen MR) is 80.9 cm³/mol. The average Bonchev–Trinajstić information content (AvgIpc) is 2.47. The predicted octanol–water partition coefficient (Wildman–Crippen LogP) is 1.89. The van der Waals surface area contributed by atoms with Gasteiger partial charge in [0.05, 0.1) is 13.1 Å². The summed E-state index contributed by atoms with van der Waals surface area (Å²) in [6.07, 6.45) is 2.13. The van der Waals surface area contributed by atoms with E-state index in [0.29, 0.717) is 12.1 Å². The van der Waals surface area contributed by atoms with Crippen molar-refractivity contribution in [2.75, 3.05) is 26.7 Å². The number of hydrogen-bond donors (Lipinski definition) is 1. The van der Waals surface area contributed by atoms with Crippen LogP contribution in [-0.4, -0.2) is 43.3 Å². The van der Waals surface area contributed by atoms with Gasteiger partial charge >= 0.3 is 0 Å². The Morgan fingerprint density at radius 2 is 1.75 bits per heavy atom. The first kappa shape index (κ1) is 16.4. The largest absolute Gasteiger partial charge is 0.358 e. The highest BCUT2D eigenvalue weighted by molar-refractivity contribution is 5.97. The summed E-state index contributed by atoms with van der Waals surface area (Å²) in [4.78, 5) is 25.4. The Morgan fingerprint density at radius 3 is 2.25 bits per heavy atom. The maximum Gasteiger partial charge on any atom is 0.233 e. The van der Waals surface area contributed by atoms with Crippen molar-refractivity contribution in [2.24, 2.45) is 0 Å². The van der Waals surface area contributed by atoms with E-state index in [1.807, 2.05) is 36.1 Å². The third kappa shape index (κ3) is 5.13. The molecular weight excluding hydrogens is 252 g/mol. The minimum absolute atomic E-state index is 0.0544. The molecule has 0 unspecified atom stereocenters. The van der Waals surface area contributed by atoms with Crippen LogP contribution in [-0.2, 0) is 11.2 Å². The summed E-state index contributed by atoms with van der Waals surface area (Å²) in [5, 5.41) is 2.57. The summed E-state index contributed by atoms with van der Waals surface area (Å²) < 4.78 is 0. The number of ketones is 1. The van der Waals surface area contributed by atoms with Gasteiger partial charge in [-0.05, 0) is 18.5 Å². The van der Waals surface area contributed by atoms with Crippen molar-refractivity contribution in [3.8, 4) is 0 Å². The molecule has 0 heterocycles. The summed E-state index contributed by atoms with van der Waals surface area (Å²) in [5.41, 5.74) is 1.96. The molecule has 0 atom stereocenters. The normalized spacial score (nSPS) is 10.6. The van der Waals surface area contributed by atoms with Gasteiger partial charge in [0.2, 0.25) is 5.91 Å². The van der Waals surface area contributed by atoms with Crippen LogP contribution >= 0.6 is 0 Å². The third-order valence-electron chi connectivity index (χ3n) is 3.28. The second kappa shape index (κ2) is 8.48. The van der Waals surface area contributed by atoms with E-state index in [-0.39, 0.29) is 24.8 Å². The van der Waals surface area contributed by atoms with E-state index in [1.165, 1.54) is 5.56 Å². The molecule has 0 bridgehead atoms. The maximum atomic E-state index is 12.2. The number of amides is 1. The molecule has 4 heteroatoms. The van der Waals surface area contributed by atoms with Crippen LogP contribution in [0, 0.1) is 0 Å². The molecule has 0 aromatic heterocycles. The van der Waals surface area contributed by atoms with Crippen molar-refractivity contribution < 1.29 is 9.59 Å². The molecule has 1 amide bonds. The molecule has 0 aliphatic rings. The molecule has 0 radical (unpaired) electrons. The van der Waals surface area contributed by atoms with E-state index in [9.17, 15) is 9.59 Å². The van der Waals surface area contributed by atoms with Crippen LogP contribution in [0.4, 0.5) is 0 Å². The molecule has 0 saturated carbocycles. The lowest BCUT2D eigenvalue weighted by Crippen LogP contribution is -2.38. The third-order valence-corrected chi connectivity index (χ3v) is 3.28. The van der Waals surface area contributed by atoms with Gasteiger partial charge in [-0.15, -0.1) is 0 Å². The van der Waals surface area contributed by atoms with Crippen molar-refractivity contribution in [1.29, 1.82) is 0 Å². The zero-order chi connectivity index (χ0) is 15.0. The smallest absolute Gasteiger partial charge is 0.233 e. The summed E-state index contributed by atoms with van der Waals surface area (Å²) in [6.45, 7) is 5.29. The van der Waals surface area contributed by atoms with Crippen LogP contribution in [0.15, 0.2) is 24.3 Å². The van der Waals surface area contributed by atoms with Gasteiger partial charge in [0.1, 0.15) is 0 Å².